The summed E-state index contributed by atoms with van der Waals surface area (Å²) in [6, 6.07) is 11.5. The third kappa shape index (κ3) is 3.83. The zero-order chi connectivity index (χ0) is 16.9. The van der Waals surface area contributed by atoms with Gasteiger partial charge in [-0.1, -0.05) is 12.1 Å². The first-order valence-corrected chi connectivity index (χ1v) is 7.95. The van der Waals surface area contributed by atoms with Crippen molar-refractivity contribution < 1.29 is 14.6 Å². The van der Waals surface area contributed by atoms with E-state index in [4.69, 9.17) is 9.84 Å². The number of aromatic carboxylic acids is 1. The summed E-state index contributed by atoms with van der Waals surface area (Å²) in [5.74, 6) is -0.118. The number of methoxy groups -OCH3 is 1. The van der Waals surface area contributed by atoms with E-state index in [1.54, 1.807) is 19.4 Å². The molecule has 3 rings (SSSR count). The minimum Gasteiger partial charge on any atom is -0.497 e. The fourth-order valence-electron chi connectivity index (χ4n) is 2.87. The molecule has 0 bridgehead atoms. The number of hydrogen-bond acceptors (Lipinski definition) is 5. The Labute approximate surface area is 141 Å². The Balaban J connectivity index is 1.55. The van der Waals surface area contributed by atoms with Gasteiger partial charge in [-0.3, -0.25) is 4.90 Å². The van der Waals surface area contributed by atoms with Crippen LogP contribution in [0.25, 0.3) is 0 Å². The van der Waals surface area contributed by atoms with Gasteiger partial charge in [-0.15, -0.1) is 0 Å². The van der Waals surface area contributed by atoms with Crippen molar-refractivity contribution in [3.05, 3.63) is 53.9 Å². The highest BCUT2D eigenvalue weighted by Gasteiger charge is 2.18. The molecule has 1 saturated heterocycles. The van der Waals surface area contributed by atoms with Crippen molar-refractivity contribution in [1.29, 1.82) is 0 Å². The smallest absolute Gasteiger partial charge is 0.354 e. The fourth-order valence-corrected chi connectivity index (χ4v) is 2.87. The zero-order valence-electron chi connectivity index (χ0n) is 13.7. The lowest BCUT2D eigenvalue weighted by molar-refractivity contribution is 0.0690. The molecule has 0 amide bonds. The van der Waals surface area contributed by atoms with E-state index in [9.17, 15) is 4.79 Å². The number of hydrogen-bond donors (Lipinski definition) is 1. The highest BCUT2D eigenvalue weighted by atomic mass is 16.5. The summed E-state index contributed by atoms with van der Waals surface area (Å²) in [6.07, 6.45) is 1.65. The first kappa shape index (κ1) is 16.3. The Hall–Kier alpha value is -2.60. The van der Waals surface area contributed by atoms with Crippen LogP contribution in [0.4, 0.5) is 5.69 Å². The number of ether oxygens (including phenoxy) is 1. The zero-order valence-corrected chi connectivity index (χ0v) is 13.7. The van der Waals surface area contributed by atoms with Gasteiger partial charge in [-0.05, 0) is 23.8 Å². The molecule has 1 N–H and O–H groups in total. The second kappa shape index (κ2) is 7.31. The molecule has 6 heteroatoms. The van der Waals surface area contributed by atoms with Crippen molar-refractivity contribution in [1.82, 2.24) is 9.88 Å². The second-order valence-corrected chi connectivity index (χ2v) is 5.82. The molecule has 6 nitrogen and oxygen atoms in total. The van der Waals surface area contributed by atoms with Crippen LogP contribution in [0.3, 0.4) is 0 Å². The number of carboxylic acid groups (broad SMARTS) is 1. The molecule has 0 spiro atoms. The van der Waals surface area contributed by atoms with Gasteiger partial charge in [-0.25, -0.2) is 9.78 Å². The average molecular weight is 327 g/mol. The first-order valence-electron chi connectivity index (χ1n) is 7.95. The maximum atomic E-state index is 10.8. The number of benzene rings is 1. The second-order valence-electron chi connectivity index (χ2n) is 5.82. The Morgan fingerprint density at radius 2 is 2.00 bits per heavy atom. The third-order valence-corrected chi connectivity index (χ3v) is 4.24. The van der Waals surface area contributed by atoms with E-state index in [0.717, 1.165) is 44.0 Å². The lowest BCUT2D eigenvalue weighted by atomic mass is 10.2. The quantitative estimate of drug-likeness (QED) is 0.907. The van der Waals surface area contributed by atoms with Gasteiger partial charge in [-0.2, -0.15) is 0 Å². The molecular weight excluding hydrogens is 306 g/mol. The van der Waals surface area contributed by atoms with E-state index in [-0.39, 0.29) is 5.69 Å². The molecule has 126 valence electrons. The van der Waals surface area contributed by atoms with E-state index < -0.39 is 5.97 Å². The molecule has 0 aliphatic carbocycles. The average Bonchev–Trinajstić information content (AvgIpc) is 2.63. The number of carbonyl (C=O) groups is 1. The monoisotopic (exact) mass is 327 g/mol. The normalized spacial score (nSPS) is 15.3. The number of aromatic nitrogens is 1. The molecule has 1 aromatic heterocycles. The minimum absolute atomic E-state index is 0.0848. The first-order chi connectivity index (χ1) is 11.7. The van der Waals surface area contributed by atoms with Gasteiger partial charge in [0.2, 0.25) is 0 Å². The van der Waals surface area contributed by atoms with Crippen molar-refractivity contribution in [2.24, 2.45) is 0 Å². The van der Waals surface area contributed by atoms with Gasteiger partial charge in [0, 0.05) is 50.7 Å². The van der Waals surface area contributed by atoms with Gasteiger partial charge in [0.25, 0.3) is 0 Å². The Morgan fingerprint density at radius 3 is 2.62 bits per heavy atom. The predicted molar refractivity (Wildman–Crippen MR) is 91.7 cm³/mol. The third-order valence-electron chi connectivity index (χ3n) is 4.24. The Morgan fingerprint density at radius 1 is 1.21 bits per heavy atom. The summed E-state index contributed by atoms with van der Waals surface area (Å²) in [5, 5.41) is 8.88. The van der Waals surface area contributed by atoms with E-state index in [1.807, 2.05) is 18.2 Å². The fraction of sp³-hybridized carbons (Fsp3) is 0.333. The van der Waals surface area contributed by atoms with Gasteiger partial charge in [0.15, 0.2) is 0 Å². The predicted octanol–water partition coefficient (Wildman–Crippen LogP) is 2.11. The minimum atomic E-state index is -0.992. The summed E-state index contributed by atoms with van der Waals surface area (Å²) < 4.78 is 5.29. The number of pyridine rings is 1. The van der Waals surface area contributed by atoms with Crippen molar-refractivity contribution in [3.8, 4) is 5.75 Å². The van der Waals surface area contributed by atoms with E-state index in [1.165, 1.54) is 5.69 Å². The van der Waals surface area contributed by atoms with Gasteiger partial charge >= 0.3 is 5.97 Å². The Bertz CT molecular complexity index is 695. The standard InChI is InChI=1S/C18H21N3O3/c1-24-16-4-2-3-15(11-16)21-9-7-20(8-10-21)13-14-5-6-17(18(22)23)19-12-14/h2-6,11-12H,7-10,13H2,1H3,(H,22,23). The highest BCUT2D eigenvalue weighted by Crippen LogP contribution is 2.22. The summed E-state index contributed by atoms with van der Waals surface area (Å²) >= 11 is 0. The van der Waals surface area contributed by atoms with Crippen LogP contribution in [-0.4, -0.2) is 54.2 Å². The maximum absolute atomic E-state index is 10.8. The van der Waals surface area contributed by atoms with Crippen LogP contribution in [0.1, 0.15) is 16.1 Å². The number of carboxylic acids is 1. The molecule has 1 aliphatic heterocycles. The molecule has 2 aromatic rings. The molecule has 0 unspecified atom stereocenters. The van der Waals surface area contributed by atoms with Crippen LogP contribution in [0.2, 0.25) is 0 Å². The molecule has 2 heterocycles. The van der Waals surface area contributed by atoms with Crippen LogP contribution in [0, 0.1) is 0 Å². The van der Waals surface area contributed by atoms with Crippen molar-refractivity contribution >= 4 is 11.7 Å². The number of nitrogens with zero attached hydrogens (tertiary/aromatic N) is 3. The highest BCUT2D eigenvalue weighted by molar-refractivity contribution is 5.85. The van der Waals surface area contributed by atoms with E-state index >= 15 is 0 Å². The summed E-state index contributed by atoms with van der Waals surface area (Å²) in [6.45, 7) is 4.61. The Kier molecular flexibility index (Phi) is 4.96. The number of rotatable bonds is 5. The van der Waals surface area contributed by atoms with E-state index in [2.05, 4.69) is 26.9 Å². The molecule has 1 aliphatic rings. The SMILES string of the molecule is COc1cccc(N2CCN(Cc3ccc(C(=O)O)nc3)CC2)c1. The molecule has 1 aromatic carbocycles. The maximum Gasteiger partial charge on any atom is 0.354 e. The van der Waals surface area contributed by atoms with Crippen molar-refractivity contribution in [2.75, 3.05) is 38.2 Å². The molecule has 0 saturated carbocycles. The molecule has 24 heavy (non-hydrogen) atoms. The van der Waals surface area contributed by atoms with E-state index in [0.29, 0.717) is 0 Å². The topological polar surface area (TPSA) is 65.9 Å². The summed E-state index contributed by atoms with van der Waals surface area (Å²) in [7, 11) is 1.68. The summed E-state index contributed by atoms with van der Waals surface area (Å²) in [5.41, 5.74) is 2.30. The van der Waals surface area contributed by atoms with Crippen molar-refractivity contribution in [3.63, 3.8) is 0 Å². The number of piperazine rings is 1. The van der Waals surface area contributed by atoms with Gasteiger partial charge in [0.05, 0.1) is 7.11 Å². The molecule has 0 atom stereocenters. The van der Waals surface area contributed by atoms with Crippen LogP contribution in [0.15, 0.2) is 42.6 Å². The van der Waals surface area contributed by atoms with Gasteiger partial charge < -0.3 is 14.7 Å². The van der Waals surface area contributed by atoms with Crippen LogP contribution in [-0.2, 0) is 6.54 Å². The molecular formula is C18H21N3O3. The van der Waals surface area contributed by atoms with Crippen LogP contribution in [0.5, 0.6) is 5.75 Å². The lowest BCUT2D eigenvalue weighted by Crippen LogP contribution is -2.45. The molecule has 0 radical (unpaired) electrons. The molecule has 1 fully saturated rings. The lowest BCUT2D eigenvalue weighted by Gasteiger charge is -2.36. The number of anilines is 1. The van der Waals surface area contributed by atoms with Gasteiger partial charge in [0.1, 0.15) is 11.4 Å². The van der Waals surface area contributed by atoms with Crippen LogP contribution >= 0.6 is 0 Å². The largest absolute Gasteiger partial charge is 0.497 e. The van der Waals surface area contributed by atoms with Crippen molar-refractivity contribution in [2.45, 2.75) is 6.54 Å². The summed E-state index contributed by atoms with van der Waals surface area (Å²) in [4.78, 5) is 19.5. The van der Waals surface area contributed by atoms with Crippen LogP contribution < -0.4 is 9.64 Å².